The van der Waals surface area contributed by atoms with Gasteiger partial charge in [-0.3, -0.25) is 14.6 Å². The van der Waals surface area contributed by atoms with Gasteiger partial charge in [0.15, 0.2) is 0 Å². The minimum absolute atomic E-state index is 0.128. The molecule has 0 bridgehead atoms. The summed E-state index contributed by atoms with van der Waals surface area (Å²) in [6.45, 7) is 2.28. The van der Waals surface area contributed by atoms with Crippen molar-refractivity contribution in [2.24, 2.45) is 0 Å². The summed E-state index contributed by atoms with van der Waals surface area (Å²) < 4.78 is 13.3. The topological polar surface area (TPSA) is 62.3 Å². The molecule has 0 aliphatic rings. The van der Waals surface area contributed by atoms with Crippen LogP contribution in [0.15, 0.2) is 79.1 Å². The zero-order valence-electron chi connectivity index (χ0n) is 17.5. The van der Waals surface area contributed by atoms with Crippen molar-refractivity contribution in [2.75, 3.05) is 0 Å². The fourth-order valence-electron chi connectivity index (χ4n) is 3.25. The van der Waals surface area contributed by atoms with Gasteiger partial charge in [-0.2, -0.15) is 0 Å². The van der Waals surface area contributed by atoms with E-state index < -0.39 is 6.04 Å². The van der Waals surface area contributed by atoms with Crippen molar-refractivity contribution in [3.8, 4) is 0 Å². The van der Waals surface area contributed by atoms with E-state index in [1.54, 1.807) is 42.4 Å². The fourth-order valence-corrected chi connectivity index (χ4v) is 3.25. The predicted octanol–water partition coefficient (Wildman–Crippen LogP) is 3.89. The van der Waals surface area contributed by atoms with Gasteiger partial charge in [0.1, 0.15) is 11.9 Å². The molecule has 3 rings (SSSR count). The smallest absolute Gasteiger partial charge is 0.242 e. The van der Waals surface area contributed by atoms with Gasteiger partial charge < -0.3 is 10.2 Å². The SMILES string of the molecule is C[C@H](C(=O)NCc1cccnc1)N(Cc1ccc(F)cc1)C(=O)CCc1ccccc1. The van der Waals surface area contributed by atoms with Gasteiger partial charge in [0, 0.05) is 31.9 Å². The van der Waals surface area contributed by atoms with Crippen LogP contribution in [0.5, 0.6) is 0 Å². The van der Waals surface area contributed by atoms with Crippen LogP contribution in [0.25, 0.3) is 0 Å². The van der Waals surface area contributed by atoms with Crippen LogP contribution in [-0.2, 0) is 29.1 Å². The number of pyridine rings is 1. The summed E-state index contributed by atoms with van der Waals surface area (Å²) >= 11 is 0. The van der Waals surface area contributed by atoms with Crippen molar-refractivity contribution in [1.82, 2.24) is 15.2 Å². The molecule has 0 aliphatic heterocycles. The lowest BCUT2D eigenvalue weighted by Gasteiger charge is -2.29. The first-order chi connectivity index (χ1) is 15.0. The van der Waals surface area contributed by atoms with Crippen molar-refractivity contribution in [3.63, 3.8) is 0 Å². The van der Waals surface area contributed by atoms with E-state index in [0.29, 0.717) is 13.0 Å². The van der Waals surface area contributed by atoms with Crippen molar-refractivity contribution < 1.29 is 14.0 Å². The Balaban J connectivity index is 1.69. The monoisotopic (exact) mass is 419 g/mol. The van der Waals surface area contributed by atoms with E-state index in [1.165, 1.54) is 12.1 Å². The quantitative estimate of drug-likeness (QED) is 0.572. The lowest BCUT2D eigenvalue weighted by Crippen LogP contribution is -2.47. The lowest BCUT2D eigenvalue weighted by atomic mass is 10.1. The Morgan fingerprint density at radius 1 is 0.968 bits per heavy atom. The summed E-state index contributed by atoms with van der Waals surface area (Å²) in [7, 11) is 0. The first kappa shape index (κ1) is 22.2. The van der Waals surface area contributed by atoms with Crippen LogP contribution < -0.4 is 5.32 Å². The summed E-state index contributed by atoms with van der Waals surface area (Å²) in [5.74, 6) is -0.718. The number of benzene rings is 2. The van der Waals surface area contributed by atoms with E-state index in [0.717, 1.165) is 16.7 Å². The van der Waals surface area contributed by atoms with Crippen LogP contribution >= 0.6 is 0 Å². The highest BCUT2D eigenvalue weighted by atomic mass is 19.1. The molecule has 0 radical (unpaired) electrons. The van der Waals surface area contributed by atoms with Crippen LogP contribution in [0, 0.1) is 5.82 Å². The molecule has 1 heterocycles. The molecule has 2 aromatic carbocycles. The molecule has 3 aromatic rings. The van der Waals surface area contributed by atoms with Gasteiger partial charge in [-0.15, -0.1) is 0 Å². The van der Waals surface area contributed by atoms with E-state index in [1.807, 2.05) is 36.4 Å². The standard InChI is InChI=1S/C25H26FN3O2/c1-19(25(31)28-17-22-8-5-15-27-16-22)29(18-21-9-12-23(26)13-10-21)24(30)14-11-20-6-3-2-4-7-20/h2-10,12-13,15-16,19H,11,14,17-18H2,1H3,(H,28,31)/t19-/m1/s1. The maximum absolute atomic E-state index is 13.3. The predicted molar refractivity (Wildman–Crippen MR) is 117 cm³/mol. The molecule has 0 spiro atoms. The van der Waals surface area contributed by atoms with Crippen molar-refractivity contribution in [3.05, 3.63) is 102 Å². The molecule has 6 heteroatoms. The summed E-state index contributed by atoms with van der Waals surface area (Å²) in [6, 6.07) is 18.7. The Labute approximate surface area is 181 Å². The van der Waals surface area contributed by atoms with Crippen LogP contribution in [0.1, 0.15) is 30.0 Å². The Kier molecular flexibility index (Phi) is 7.87. The third-order valence-corrected chi connectivity index (χ3v) is 5.09. The molecule has 0 saturated carbocycles. The first-order valence-electron chi connectivity index (χ1n) is 10.3. The third-order valence-electron chi connectivity index (χ3n) is 5.09. The zero-order chi connectivity index (χ0) is 22.1. The molecule has 1 aromatic heterocycles. The second-order valence-electron chi connectivity index (χ2n) is 7.39. The highest BCUT2D eigenvalue weighted by Crippen LogP contribution is 2.14. The highest BCUT2D eigenvalue weighted by Gasteiger charge is 2.25. The maximum atomic E-state index is 13.3. The van der Waals surface area contributed by atoms with Gasteiger partial charge in [-0.05, 0) is 48.2 Å². The molecule has 1 N–H and O–H groups in total. The summed E-state index contributed by atoms with van der Waals surface area (Å²) in [6.07, 6.45) is 4.23. The number of amides is 2. The van der Waals surface area contributed by atoms with Gasteiger partial charge >= 0.3 is 0 Å². The van der Waals surface area contributed by atoms with Crippen molar-refractivity contribution >= 4 is 11.8 Å². The first-order valence-corrected chi connectivity index (χ1v) is 10.3. The Morgan fingerprint density at radius 2 is 1.68 bits per heavy atom. The normalized spacial score (nSPS) is 11.5. The number of aryl methyl sites for hydroxylation is 1. The van der Waals surface area contributed by atoms with E-state index in [-0.39, 0.29) is 30.6 Å². The minimum Gasteiger partial charge on any atom is -0.350 e. The molecule has 1 atom stereocenters. The van der Waals surface area contributed by atoms with Crippen LogP contribution in [0.2, 0.25) is 0 Å². The highest BCUT2D eigenvalue weighted by molar-refractivity contribution is 5.87. The largest absolute Gasteiger partial charge is 0.350 e. The molecule has 160 valence electrons. The fraction of sp³-hybridized carbons (Fsp3) is 0.240. The van der Waals surface area contributed by atoms with Crippen molar-refractivity contribution in [2.45, 2.75) is 38.9 Å². The molecule has 5 nitrogen and oxygen atoms in total. The van der Waals surface area contributed by atoms with Gasteiger partial charge in [0.25, 0.3) is 0 Å². The third kappa shape index (κ3) is 6.74. The van der Waals surface area contributed by atoms with Gasteiger partial charge in [-0.25, -0.2) is 4.39 Å². The summed E-state index contributed by atoms with van der Waals surface area (Å²) in [4.78, 5) is 31.5. The maximum Gasteiger partial charge on any atom is 0.242 e. The summed E-state index contributed by atoms with van der Waals surface area (Å²) in [5, 5.41) is 2.87. The zero-order valence-corrected chi connectivity index (χ0v) is 17.5. The van der Waals surface area contributed by atoms with E-state index in [4.69, 9.17) is 0 Å². The molecule has 0 fully saturated rings. The lowest BCUT2D eigenvalue weighted by molar-refractivity contribution is -0.140. The number of rotatable bonds is 9. The van der Waals surface area contributed by atoms with E-state index in [9.17, 15) is 14.0 Å². The number of nitrogens with zero attached hydrogens (tertiary/aromatic N) is 2. The molecule has 0 saturated heterocycles. The van der Waals surface area contributed by atoms with Crippen molar-refractivity contribution in [1.29, 1.82) is 0 Å². The average molecular weight is 420 g/mol. The summed E-state index contributed by atoms with van der Waals surface area (Å²) in [5.41, 5.74) is 2.70. The van der Waals surface area contributed by atoms with Gasteiger partial charge in [0.2, 0.25) is 11.8 Å². The van der Waals surface area contributed by atoms with E-state index in [2.05, 4.69) is 10.3 Å². The molecule has 31 heavy (non-hydrogen) atoms. The minimum atomic E-state index is -0.676. The van der Waals surface area contributed by atoms with Gasteiger partial charge in [0.05, 0.1) is 0 Å². The second kappa shape index (κ2) is 11.0. The van der Waals surface area contributed by atoms with Crippen LogP contribution in [-0.4, -0.2) is 27.7 Å². The number of hydrogen-bond acceptors (Lipinski definition) is 3. The number of nitrogens with one attached hydrogen (secondary N) is 1. The second-order valence-corrected chi connectivity index (χ2v) is 7.39. The van der Waals surface area contributed by atoms with Crippen LogP contribution in [0.4, 0.5) is 4.39 Å². The molecular weight excluding hydrogens is 393 g/mol. The molecule has 0 unspecified atom stereocenters. The number of halogens is 1. The Morgan fingerprint density at radius 3 is 2.35 bits per heavy atom. The Bertz CT molecular complexity index is 979. The number of aromatic nitrogens is 1. The van der Waals surface area contributed by atoms with E-state index >= 15 is 0 Å². The number of carbonyl (C=O) groups is 2. The molecular formula is C25H26FN3O2. The van der Waals surface area contributed by atoms with Crippen LogP contribution in [0.3, 0.4) is 0 Å². The Hall–Kier alpha value is -3.54. The van der Waals surface area contributed by atoms with Gasteiger partial charge in [-0.1, -0.05) is 48.5 Å². The number of hydrogen-bond donors (Lipinski definition) is 1. The molecule has 0 aliphatic carbocycles. The average Bonchev–Trinajstić information content (AvgIpc) is 2.81. The molecule has 2 amide bonds. The number of carbonyl (C=O) groups excluding carboxylic acids is 2.